The van der Waals surface area contributed by atoms with E-state index in [1.54, 1.807) is 22.4 Å². The highest BCUT2D eigenvalue weighted by Crippen LogP contribution is 2.26. The number of nitrogens with zero attached hydrogens (tertiary/aromatic N) is 4. The summed E-state index contributed by atoms with van der Waals surface area (Å²) in [5, 5.41) is 12.2. The largest absolute Gasteiger partial charge is 0.335 e. The molecule has 0 N–H and O–H groups in total. The summed E-state index contributed by atoms with van der Waals surface area (Å²) in [5.41, 5.74) is 3.41. The summed E-state index contributed by atoms with van der Waals surface area (Å²) in [7, 11) is 0. The number of halogens is 1. The van der Waals surface area contributed by atoms with E-state index in [0.29, 0.717) is 31.9 Å². The number of rotatable bonds is 4. The third-order valence-electron chi connectivity index (χ3n) is 5.30. The second-order valence-corrected chi connectivity index (χ2v) is 8.17. The molecule has 0 radical (unpaired) electrons. The molecule has 1 amide bonds. The molecule has 5 nitrogen and oxygen atoms in total. The van der Waals surface area contributed by atoms with Crippen molar-refractivity contribution in [3.05, 3.63) is 76.5 Å². The zero-order valence-corrected chi connectivity index (χ0v) is 17.4. The maximum atomic E-state index is 13.2. The number of aromatic nitrogens is 1. The molecule has 30 heavy (non-hydrogen) atoms. The molecular weight excluding hydrogens is 399 g/mol. The number of carbonyl (C=O) groups excluding carboxylic acids is 1. The molecule has 1 atom stereocenters. The van der Waals surface area contributed by atoms with Gasteiger partial charge >= 0.3 is 0 Å². The maximum absolute atomic E-state index is 13.2. The van der Waals surface area contributed by atoms with Gasteiger partial charge in [0.1, 0.15) is 22.6 Å². The van der Waals surface area contributed by atoms with Gasteiger partial charge in [0.2, 0.25) is 0 Å². The van der Waals surface area contributed by atoms with E-state index < -0.39 is 6.04 Å². The molecule has 1 aliphatic rings. The van der Waals surface area contributed by atoms with Crippen LogP contribution in [0.25, 0.3) is 10.6 Å². The second-order valence-electron chi connectivity index (χ2n) is 7.32. The summed E-state index contributed by atoms with van der Waals surface area (Å²) in [4.78, 5) is 21.2. The third kappa shape index (κ3) is 4.25. The van der Waals surface area contributed by atoms with Crippen molar-refractivity contribution < 1.29 is 9.18 Å². The van der Waals surface area contributed by atoms with Crippen molar-refractivity contribution in [2.24, 2.45) is 0 Å². The van der Waals surface area contributed by atoms with E-state index in [2.05, 4.69) is 11.1 Å². The summed E-state index contributed by atoms with van der Waals surface area (Å²) >= 11 is 1.47. The van der Waals surface area contributed by atoms with Crippen molar-refractivity contribution in [3.8, 4) is 16.6 Å². The quantitative estimate of drug-likeness (QED) is 0.632. The molecule has 1 aliphatic heterocycles. The van der Waals surface area contributed by atoms with Crippen LogP contribution in [0.15, 0.2) is 53.9 Å². The molecule has 2 heterocycles. The fourth-order valence-electron chi connectivity index (χ4n) is 3.56. The molecule has 4 rings (SSSR count). The third-order valence-corrected chi connectivity index (χ3v) is 6.19. The van der Waals surface area contributed by atoms with E-state index in [-0.39, 0.29) is 11.7 Å². The number of amides is 1. The highest BCUT2D eigenvalue weighted by atomic mass is 32.1. The van der Waals surface area contributed by atoms with Gasteiger partial charge in [0.25, 0.3) is 5.91 Å². The molecule has 3 aromatic rings. The fourth-order valence-corrected chi connectivity index (χ4v) is 4.36. The van der Waals surface area contributed by atoms with Gasteiger partial charge in [0, 0.05) is 37.1 Å². The number of benzene rings is 2. The lowest BCUT2D eigenvalue weighted by molar-refractivity contribution is 0.0601. The lowest BCUT2D eigenvalue weighted by Crippen LogP contribution is -2.49. The van der Waals surface area contributed by atoms with Crippen LogP contribution in [0.3, 0.4) is 0 Å². The number of hydrogen-bond donors (Lipinski definition) is 0. The highest BCUT2D eigenvalue weighted by Gasteiger charge is 2.28. The van der Waals surface area contributed by atoms with Crippen molar-refractivity contribution in [1.29, 1.82) is 5.26 Å². The van der Waals surface area contributed by atoms with Crippen molar-refractivity contribution >= 4 is 17.2 Å². The molecule has 1 saturated heterocycles. The molecule has 1 aromatic heterocycles. The Labute approximate surface area is 179 Å². The summed E-state index contributed by atoms with van der Waals surface area (Å²) in [6.07, 6.45) is 0. The smallest absolute Gasteiger partial charge is 0.273 e. The summed E-state index contributed by atoms with van der Waals surface area (Å²) in [6.45, 7) is 4.24. The Morgan fingerprint density at radius 2 is 1.77 bits per heavy atom. The minimum atomic E-state index is -0.449. The Morgan fingerprint density at radius 3 is 2.40 bits per heavy atom. The molecule has 1 unspecified atom stereocenters. The average Bonchev–Trinajstić information content (AvgIpc) is 3.26. The van der Waals surface area contributed by atoms with Crippen LogP contribution in [0.5, 0.6) is 0 Å². The van der Waals surface area contributed by atoms with Gasteiger partial charge < -0.3 is 4.90 Å². The standard InChI is InChI=1S/C23H21FN4OS/c1-16-2-4-18(5-3-16)22-26-20(15-30-22)23(29)28-12-10-27(11-13-28)21(14-25)17-6-8-19(24)9-7-17/h2-9,15,21H,10-13H2,1H3. The lowest BCUT2D eigenvalue weighted by atomic mass is 10.1. The Hall–Kier alpha value is -3.08. The fraction of sp³-hybridized carbons (Fsp3) is 0.261. The minimum absolute atomic E-state index is 0.0837. The van der Waals surface area contributed by atoms with Crippen LogP contribution in [0.2, 0.25) is 0 Å². The Balaban J connectivity index is 1.40. The number of piperazine rings is 1. The van der Waals surface area contributed by atoms with E-state index in [9.17, 15) is 14.4 Å². The average molecular weight is 421 g/mol. The monoisotopic (exact) mass is 420 g/mol. The topological polar surface area (TPSA) is 60.2 Å². The predicted octanol–water partition coefficient (Wildman–Crippen LogP) is 4.28. The van der Waals surface area contributed by atoms with Crippen LogP contribution in [0.4, 0.5) is 4.39 Å². The van der Waals surface area contributed by atoms with E-state index in [1.807, 2.05) is 36.1 Å². The Kier molecular flexibility index (Phi) is 5.88. The van der Waals surface area contributed by atoms with Crippen molar-refractivity contribution in [1.82, 2.24) is 14.8 Å². The van der Waals surface area contributed by atoms with Gasteiger partial charge in [-0.1, -0.05) is 42.0 Å². The molecule has 0 bridgehead atoms. The maximum Gasteiger partial charge on any atom is 0.273 e. The van der Waals surface area contributed by atoms with Crippen LogP contribution >= 0.6 is 11.3 Å². The first-order chi connectivity index (χ1) is 14.5. The number of thiazole rings is 1. The molecule has 1 fully saturated rings. The first-order valence-corrected chi connectivity index (χ1v) is 10.6. The summed E-state index contributed by atoms with van der Waals surface area (Å²) in [6, 6.07) is 16.0. The highest BCUT2D eigenvalue weighted by molar-refractivity contribution is 7.13. The first-order valence-electron chi connectivity index (χ1n) is 9.76. The second kappa shape index (κ2) is 8.74. The van der Waals surface area contributed by atoms with Crippen LogP contribution in [0, 0.1) is 24.1 Å². The van der Waals surface area contributed by atoms with Crippen LogP contribution in [-0.4, -0.2) is 46.9 Å². The van der Waals surface area contributed by atoms with Crippen molar-refractivity contribution in [2.75, 3.05) is 26.2 Å². The van der Waals surface area contributed by atoms with Gasteiger partial charge in [-0.2, -0.15) is 5.26 Å². The molecule has 0 aliphatic carbocycles. The van der Waals surface area contributed by atoms with Gasteiger partial charge in [0.15, 0.2) is 0 Å². The van der Waals surface area contributed by atoms with Gasteiger partial charge in [0.05, 0.1) is 6.07 Å². The zero-order chi connectivity index (χ0) is 21.1. The molecule has 0 spiro atoms. The number of nitriles is 1. The van der Waals surface area contributed by atoms with Gasteiger partial charge in [-0.15, -0.1) is 11.3 Å². The minimum Gasteiger partial charge on any atom is -0.335 e. The lowest BCUT2D eigenvalue weighted by Gasteiger charge is -2.36. The predicted molar refractivity (Wildman–Crippen MR) is 115 cm³/mol. The van der Waals surface area contributed by atoms with E-state index in [0.717, 1.165) is 16.1 Å². The summed E-state index contributed by atoms with van der Waals surface area (Å²) < 4.78 is 13.2. The molecule has 2 aromatic carbocycles. The normalized spacial score (nSPS) is 15.6. The van der Waals surface area contributed by atoms with E-state index >= 15 is 0 Å². The Morgan fingerprint density at radius 1 is 1.10 bits per heavy atom. The Bertz CT molecular complexity index is 1060. The molecular formula is C23H21FN4OS. The van der Waals surface area contributed by atoms with Crippen LogP contribution < -0.4 is 0 Å². The molecule has 152 valence electrons. The zero-order valence-electron chi connectivity index (χ0n) is 16.6. The SMILES string of the molecule is Cc1ccc(-c2nc(C(=O)N3CCN(C(C#N)c4ccc(F)cc4)CC3)cs2)cc1. The molecule has 0 saturated carbocycles. The van der Waals surface area contributed by atoms with Crippen LogP contribution in [-0.2, 0) is 0 Å². The van der Waals surface area contributed by atoms with Crippen molar-refractivity contribution in [3.63, 3.8) is 0 Å². The van der Waals surface area contributed by atoms with E-state index in [4.69, 9.17) is 0 Å². The summed E-state index contributed by atoms with van der Waals surface area (Å²) in [5.74, 6) is -0.404. The number of hydrogen-bond acceptors (Lipinski definition) is 5. The van der Waals surface area contributed by atoms with Gasteiger partial charge in [-0.25, -0.2) is 9.37 Å². The van der Waals surface area contributed by atoms with Crippen molar-refractivity contribution in [2.45, 2.75) is 13.0 Å². The first kappa shape index (κ1) is 20.2. The van der Waals surface area contributed by atoms with Crippen LogP contribution in [0.1, 0.15) is 27.7 Å². The molecule has 7 heteroatoms. The van der Waals surface area contributed by atoms with E-state index in [1.165, 1.54) is 29.0 Å². The number of carbonyl (C=O) groups is 1. The van der Waals surface area contributed by atoms with Gasteiger partial charge in [-0.05, 0) is 24.6 Å². The van der Waals surface area contributed by atoms with Gasteiger partial charge in [-0.3, -0.25) is 9.69 Å². The number of aryl methyl sites for hydroxylation is 1.